The van der Waals surface area contributed by atoms with Gasteiger partial charge in [0.1, 0.15) is 11.4 Å². The van der Waals surface area contributed by atoms with E-state index in [4.69, 9.17) is 4.42 Å². The lowest BCUT2D eigenvalue weighted by atomic mass is 9.87. The van der Waals surface area contributed by atoms with Crippen LogP contribution in [0.5, 0.6) is 0 Å². The zero-order chi connectivity index (χ0) is 15.2. The van der Waals surface area contributed by atoms with E-state index in [1.165, 1.54) is 5.56 Å². The van der Waals surface area contributed by atoms with Crippen molar-refractivity contribution in [1.29, 1.82) is 0 Å². The highest BCUT2D eigenvalue weighted by Crippen LogP contribution is 2.31. The number of carbonyl (C=O) groups is 1. The molecule has 1 aliphatic rings. The minimum absolute atomic E-state index is 0.0628. The third-order valence-electron chi connectivity index (χ3n) is 3.92. The van der Waals surface area contributed by atoms with Crippen LogP contribution in [-0.4, -0.2) is 10.9 Å². The Balaban J connectivity index is 1.98. The topological polar surface area (TPSA) is 55.1 Å². The van der Waals surface area contributed by atoms with Crippen molar-refractivity contribution in [2.45, 2.75) is 44.9 Å². The molecule has 0 aliphatic carbocycles. The number of oxazole rings is 1. The number of amides is 1. The lowest BCUT2D eigenvalue weighted by Crippen LogP contribution is -2.33. The maximum Gasteiger partial charge on any atom is 0.236 e. The van der Waals surface area contributed by atoms with Gasteiger partial charge < -0.3 is 9.73 Å². The third-order valence-corrected chi connectivity index (χ3v) is 3.92. The van der Waals surface area contributed by atoms with Gasteiger partial charge in [-0.1, -0.05) is 33.4 Å². The molecule has 2 heterocycles. The molecular weight excluding hydrogens is 264 g/mol. The summed E-state index contributed by atoms with van der Waals surface area (Å²) in [7, 11) is 0. The van der Waals surface area contributed by atoms with Crippen LogP contribution in [0.1, 0.15) is 51.0 Å². The molecule has 21 heavy (non-hydrogen) atoms. The quantitative estimate of drug-likeness (QED) is 0.870. The van der Waals surface area contributed by atoms with Crippen molar-refractivity contribution in [3.05, 3.63) is 41.9 Å². The Morgan fingerprint density at radius 2 is 2.14 bits per heavy atom. The maximum absolute atomic E-state index is 12.0. The average molecular weight is 284 g/mol. The number of carbonyl (C=O) groups excluding carboxylic acids is 1. The first-order valence-electron chi connectivity index (χ1n) is 7.24. The number of aromatic nitrogens is 1. The zero-order valence-electron chi connectivity index (χ0n) is 12.7. The summed E-state index contributed by atoms with van der Waals surface area (Å²) in [5, 5.41) is 2.77. The molecule has 4 nitrogen and oxygen atoms in total. The van der Waals surface area contributed by atoms with Gasteiger partial charge in [-0.2, -0.15) is 0 Å². The number of piperidine rings is 1. The number of benzene rings is 1. The van der Waals surface area contributed by atoms with Crippen LogP contribution in [0.25, 0.3) is 11.1 Å². The molecule has 1 aliphatic heterocycles. The molecule has 3 rings (SSSR count). The number of rotatable bonds is 1. The second kappa shape index (κ2) is 4.72. The molecule has 1 amide bonds. The van der Waals surface area contributed by atoms with Crippen molar-refractivity contribution in [3.63, 3.8) is 0 Å². The number of hydrogen-bond donors (Lipinski definition) is 1. The van der Waals surface area contributed by atoms with Crippen molar-refractivity contribution in [1.82, 2.24) is 10.3 Å². The highest BCUT2D eigenvalue weighted by molar-refractivity contribution is 5.86. The second-order valence-corrected chi connectivity index (χ2v) is 6.67. The van der Waals surface area contributed by atoms with Crippen molar-refractivity contribution >= 4 is 17.0 Å². The summed E-state index contributed by atoms with van der Waals surface area (Å²) < 4.78 is 5.78. The van der Waals surface area contributed by atoms with Crippen LogP contribution < -0.4 is 5.32 Å². The van der Waals surface area contributed by atoms with Crippen molar-refractivity contribution in [3.8, 4) is 0 Å². The summed E-state index contributed by atoms with van der Waals surface area (Å²) in [5.74, 6) is 0.107. The summed E-state index contributed by atoms with van der Waals surface area (Å²) in [4.78, 5) is 16.6. The second-order valence-electron chi connectivity index (χ2n) is 6.67. The van der Waals surface area contributed by atoms with Gasteiger partial charge >= 0.3 is 0 Å². The molecule has 1 aromatic heterocycles. The van der Waals surface area contributed by atoms with E-state index in [1.807, 2.05) is 12.1 Å². The highest BCUT2D eigenvalue weighted by Gasteiger charge is 2.30. The van der Waals surface area contributed by atoms with Crippen LogP contribution >= 0.6 is 0 Å². The van der Waals surface area contributed by atoms with Crippen LogP contribution in [0.3, 0.4) is 0 Å². The van der Waals surface area contributed by atoms with Crippen molar-refractivity contribution in [2.75, 3.05) is 0 Å². The maximum atomic E-state index is 12.0. The van der Waals surface area contributed by atoms with E-state index in [2.05, 4.69) is 43.7 Å². The summed E-state index contributed by atoms with van der Waals surface area (Å²) in [6.45, 7) is 10.3. The van der Waals surface area contributed by atoms with E-state index < -0.39 is 0 Å². The number of nitrogens with one attached hydrogen (secondary N) is 1. The van der Waals surface area contributed by atoms with Gasteiger partial charge in [0.2, 0.25) is 11.8 Å². The van der Waals surface area contributed by atoms with Gasteiger partial charge in [0.15, 0.2) is 5.58 Å². The predicted molar refractivity (Wildman–Crippen MR) is 82.0 cm³/mol. The highest BCUT2D eigenvalue weighted by atomic mass is 16.3. The van der Waals surface area contributed by atoms with Crippen molar-refractivity contribution in [2.24, 2.45) is 0 Å². The third kappa shape index (κ3) is 2.58. The van der Waals surface area contributed by atoms with E-state index in [0.717, 1.165) is 23.2 Å². The minimum atomic E-state index is -0.319. The van der Waals surface area contributed by atoms with E-state index in [9.17, 15) is 4.79 Å². The fourth-order valence-electron chi connectivity index (χ4n) is 2.57. The SMILES string of the molecule is C=C1CCC(c2nc3cc(C(C)(C)C)ccc3o2)C(=O)N1. The van der Waals surface area contributed by atoms with Gasteiger partial charge in [-0.15, -0.1) is 0 Å². The van der Waals surface area contributed by atoms with Crippen LogP contribution in [0.4, 0.5) is 0 Å². The minimum Gasteiger partial charge on any atom is -0.440 e. The molecule has 1 aromatic carbocycles. The standard InChI is InChI=1S/C17H20N2O2/c1-10-5-7-12(15(20)18-10)16-19-13-9-11(17(2,3)4)6-8-14(13)21-16/h6,8-9,12H,1,5,7H2,2-4H3,(H,18,20). The molecule has 0 spiro atoms. The molecule has 2 aromatic rings. The molecular formula is C17H20N2O2. The largest absolute Gasteiger partial charge is 0.440 e. The number of nitrogens with zero attached hydrogens (tertiary/aromatic N) is 1. The van der Waals surface area contributed by atoms with E-state index in [1.54, 1.807) is 0 Å². The van der Waals surface area contributed by atoms with Crippen molar-refractivity contribution < 1.29 is 9.21 Å². The molecule has 1 fully saturated rings. The molecule has 1 atom stereocenters. The molecule has 0 saturated carbocycles. The van der Waals surface area contributed by atoms with Gasteiger partial charge in [-0.25, -0.2) is 4.98 Å². The van der Waals surface area contributed by atoms with E-state index >= 15 is 0 Å². The molecule has 1 N–H and O–H groups in total. The first-order chi connectivity index (χ1) is 9.84. The Kier molecular flexibility index (Phi) is 3.12. The van der Waals surface area contributed by atoms with Gasteiger partial charge in [0, 0.05) is 5.70 Å². The molecule has 0 radical (unpaired) electrons. The monoisotopic (exact) mass is 284 g/mol. The summed E-state index contributed by atoms with van der Waals surface area (Å²) >= 11 is 0. The lowest BCUT2D eigenvalue weighted by Gasteiger charge is -2.20. The summed E-state index contributed by atoms with van der Waals surface area (Å²) in [6, 6.07) is 6.04. The normalized spacial score (nSPS) is 19.9. The molecule has 1 unspecified atom stereocenters. The lowest BCUT2D eigenvalue weighted by molar-refractivity contribution is -0.123. The first-order valence-corrected chi connectivity index (χ1v) is 7.24. The van der Waals surface area contributed by atoms with Gasteiger partial charge in [0.05, 0.1) is 0 Å². The summed E-state index contributed by atoms with van der Waals surface area (Å²) in [6.07, 6.45) is 1.46. The summed E-state index contributed by atoms with van der Waals surface area (Å²) in [5.41, 5.74) is 3.58. The van der Waals surface area contributed by atoms with Gasteiger partial charge in [-0.05, 0) is 36.0 Å². The Bertz CT molecular complexity index is 722. The van der Waals surface area contributed by atoms with Crippen LogP contribution in [0.2, 0.25) is 0 Å². The molecule has 110 valence electrons. The fourth-order valence-corrected chi connectivity index (χ4v) is 2.57. The van der Waals surface area contributed by atoms with Gasteiger partial charge in [-0.3, -0.25) is 4.79 Å². The molecule has 0 bridgehead atoms. The Morgan fingerprint density at radius 1 is 1.38 bits per heavy atom. The van der Waals surface area contributed by atoms with E-state index in [0.29, 0.717) is 12.3 Å². The van der Waals surface area contributed by atoms with Crippen LogP contribution in [0.15, 0.2) is 34.9 Å². The van der Waals surface area contributed by atoms with Crippen LogP contribution in [-0.2, 0) is 10.2 Å². The predicted octanol–water partition coefficient (Wildman–Crippen LogP) is 3.63. The average Bonchev–Trinajstić information content (AvgIpc) is 2.79. The Hall–Kier alpha value is -2.10. The Morgan fingerprint density at radius 3 is 2.81 bits per heavy atom. The number of fused-ring (bicyclic) bond motifs is 1. The Labute approximate surface area is 124 Å². The zero-order valence-corrected chi connectivity index (χ0v) is 12.7. The van der Waals surface area contributed by atoms with Crippen LogP contribution in [0, 0.1) is 0 Å². The fraction of sp³-hybridized carbons (Fsp3) is 0.412. The molecule has 4 heteroatoms. The number of allylic oxidation sites excluding steroid dienone is 1. The van der Waals surface area contributed by atoms with Gasteiger partial charge in [0.25, 0.3) is 0 Å². The number of hydrogen-bond acceptors (Lipinski definition) is 3. The van der Waals surface area contributed by atoms with E-state index in [-0.39, 0.29) is 17.2 Å². The molecule has 1 saturated heterocycles. The smallest absolute Gasteiger partial charge is 0.236 e. The first kappa shape index (κ1) is 13.9.